The largest absolute Gasteiger partial charge is 0.233 e. The first kappa shape index (κ1) is 9.85. The number of hydrogen-bond donors (Lipinski definition) is 0. The molecule has 2 heterocycles. The summed E-state index contributed by atoms with van der Waals surface area (Å²) in [5, 5.41) is 4.34. The predicted octanol–water partition coefficient (Wildman–Crippen LogP) is 3.64. The SMILES string of the molecule is C=Cc1cccc(-c2cccc3ccnn23)c1. The second-order valence-corrected chi connectivity index (χ2v) is 3.91. The zero-order chi connectivity index (χ0) is 11.7. The van der Waals surface area contributed by atoms with Crippen LogP contribution in [-0.2, 0) is 0 Å². The van der Waals surface area contributed by atoms with Gasteiger partial charge in [-0.3, -0.25) is 0 Å². The van der Waals surface area contributed by atoms with E-state index in [-0.39, 0.29) is 0 Å². The zero-order valence-corrected chi connectivity index (χ0v) is 9.38. The first-order valence-corrected chi connectivity index (χ1v) is 5.54. The van der Waals surface area contributed by atoms with E-state index in [0.29, 0.717) is 0 Å². The summed E-state index contributed by atoms with van der Waals surface area (Å²) < 4.78 is 1.95. The molecule has 3 aromatic rings. The van der Waals surface area contributed by atoms with E-state index in [1.165, 1.54) is 0 Å². The first-order chi connectivity index (χ1) is 8.38. The Morgan fingerprint density at radius 1 is 1.06 bits per heavy atom. The molecular weight excluding hydrogens is 208 g/mol. The number of fused-ring (bicyclic) bond motifs is 1. The smallest absolute Gasteiger partial charge is 0.0725 e. The molecule has 0 atom stereocenters. The summed E-state index contributed by atoms with van der Waals surface area (Å²) in [5.41, 5.74) is 4.46. The van der Waals surface area contributed by atoms with Crippen molar-refractivity contribution < 1.29 is 0 Å². The molecule has 0 fully saturated rings. The Morgan fingerprint density at radius 3 is 2.82 bits per heavy atom. The van der Waals surface area contributed by atoms with Gasteiger partial charge in [0.2, 0.25) is 0 Å². The minimum Gasteiger partial charge on any atom is -0.233 e. The van der Waals surface area contributed by atoms with E-state index in [1.54, 1.807) is 0 Å². The third-order valence-electron chi connectivity index (χ3n) is 2.84. The predicted molar refractivity (Wildman–Crippen MR) is 70.7 cm³/mol. The summed E-state index contributed by atoms with van der Waals surface area (Å²) in [6.45, 7) is 3.80. The van der Waals surface area contributed by atoms with Crippen LogP contribution in [0.15, 0.2) is 61.3 Å². The van der Waals surface area contributed by atoms with Crippen molar-refractivity contribution in [1.29, 1.82) is 0 Å². The Balaban J connectivity index is 2.26. The summed E-state index contributed by atoms with van der Waals surface area (Å²) in [6, 6.07) is 16.4. The van der Waals surface area contributed by atoms with Gasteiger partial charge in [0.15, 0.2) is 0 Å². The Kier molecular flexibility index (Phi) is 2.26. The Labute approximate surface area is 99.8 Å². The molecule has 0 saturated carbocycles. The van der Waals surface area contributed by atoms with Gasteiger partial charge in [0.05, 0.1) is 17.4 Å². The van der Waals surface area contributed by atoms with Crippen LogP contribution in [0.2, 0.25) is 0 Å². The number of benzene rings is 1. The van der Waals surface area contributed by atoms with Gasteiger partial charge >= 0.3 is 0 Å². The molecule has 0 bridgehead atoms. The van der Waals surface area contributed by atoms with Gasteiger partial charge in [-0.25, -0.2) is 4.52 Å². The highest BCUT2D eigenvalue weighted by Gasteiger charge is 2.03. The van der Waals surface area contributed by atoms with Crippen molar-refractivity contribution in [2.75, 3.05) is 0 Å². The average Bonchev–Trinajstić information content (AvgIpc) is 2.87. The van der Waals surface area contributed by atoms with E-state index in [9.17, 15) is 0 Å². The average molecular weight is 220 g/mol. The van der Waals surface area contributed by atoms with E-state index in [0.717, 1.165) is 22.3 Å². The highest BCUT2D eigenvalue weighted by atomic mass is 15.2. The van der Waals surface area contributed by atoms with Crippen LogP contribution in [0.25, 0.3) is 22.9 Å². The lowest BCUT2D eigenvalue weighted by molar-refractivity contribution is 0.969. The molecule has 2 nitrogen and oxygen atoms in total. The van der Waals surface area contributed by atoms with Crippen LogP contribution < -0.4 is 0 Å². The van der Waals surface area contributed by atoms with Crippen LogP contribution in [0.1, 0.15) is 5.56 Å². The summed E-state index contributed by atoms with van der Waals surface area (Å²) >= 11 is 0. The quantitative estimate of drug-likeness (QED) is 0.644. The maximum atomic E-state index is 4.34. The third-order valence-corrected chi connectivity index (χ3v) is 2.84. The number of rotatable bonds is 2. The Bertz CT molecular complexity index is 680. The molecule has 0 N–H and O–H groups in total. The van der Waals surface area contributed by atoms with Gasteiger partial charge in [-0.2, -0.15) is 5.10 Å². The second-order valence-electron chi connectivity index (χ2n) is 3.91. The summed E-state index contributed by atoms with van der Waals surface area (Å²) in [5.74, 6) is 0. The van der Waals surface area contributed by atoms with Crippen molar-refractivity contribution in [3.63, 3.8) is 0 Å². The molecule has 2 aromatic heterocycles. The fourth-order valence-electron chi connectivity index (χ4n) is 1.99. The highest BCUT2D eigenvalue weighted by Crippen LogP contribution is 2.21. The molecule has 2 heteroatoms. The van der Waals surface area contributed by atoms with Crippen molar-refractivity contribution in [1.82, 2.24) is 9.61 Å². The standard InChI is InChI=1S/C15H12N2/c1-2-12-5-3-6-13(11-12)15-8-4-7-14-9-10-16-17(14)15/h2-11H,1H2. The highest BCUT2D eigenvalue weighted by molar-refractivity contribution is 5.67. The molecule has 0 spiro atoms. The summed E-state index contributed by atoms with van der Waals surface area (Å²) in [6.07, 6.45) is 3.67. The molecule has 0 radical (unpaired) electrons. The lowest BCUT2D eigenvalue weighted by Gasteiger charge is -2.05. The van der Waals surface area contributed by atoms with Gasteiger partial charge in [0.25, 0.3) is 0 Å². The van der Waals surface area contributed by atoms with E-state index >= 15 is 0 Å². The van der Waals surface area contributed by atoms with E-state index in [1.807, 2.05) is 47.1 Å². The van der Waals surface area contributed by atoms with Crippen LogP contribution in [0.5, 0.6) is 0 Å². The monoisotopic (exact) mass is 220 g/mol. The molecule has 3 rings (SSSR count). The fourth-order valence-corrected chi connectivity index (χ4v) is 1.99. The number of nitrogens with zero attached hydrogens (tertiary/aromatic N) is 2. The maximum absolute atomic E-state index is 4.34. The summed E-state index contributed by atoms with van der Waals surface area (Å²) in [4.78, 5) is 0. The van der Waals surface area contributed by atoms with Crippen LogP contribution in [-0.4, -0.2) is 9.61 Å². The lowest BCUT2D eigenvalue weighted by Crippen LogP contribution is -1.93. The number of aromatic nitrogens is 2. The number of pyridine rings is 1. The van der Waals surface area contributed by atoms with Gasteiger partial charge < -0.3 is 0 Å². The number of hydrogen-bond acceptors (Lipinski definition) is 1. The van der Waals surface area contributed by atoms with Gasteiger partial charge in [0, 0.05) is 5.56 Å². The van der Waals surface area contributed by atoms with Gasteiger partial charge in [-0.15, -0.1) is 0 Å². The van der Waals surface area contributed by atoms with Crippen LogP contribution >= 0.6 is 0 Å². The maximum Gasteiger partial charge on any atom is 0.0725 e. The fraction of sp³-hybridized carbons (Fsp3) is 0. The van der Waals surface area contributed by atoms with Crippen molar-refractivity contribution in [2.24, 2.45) is 0 Å². The van der Waals surface area contributed by atoms with Crippen molar-refractivity contribution >= 4 is 11.6 Å². The molecule has 0 aliphatic carbocycles. The van der Waals surface area contributed by atoms with Gasteiger partial charge in [0.1, 0.15) is 0 Å². The molecular formula is C15H12N2. The Hall–Kier alpha value is -2.35. The van der Waals surface area contributed by atoms with E-state index in [2.05, 4.69) is 29.9 Å². The lowest BCUT2D eigenvalue weighted by atomic mass is 10.1. The second kappa shape index (κ2) is 3.91. The molecule has 0 aliphatic heterocycles. The van der Waals surface area contributed by atoms with Gasteiger partial charge in [-0.1, -0.05) is 36.9 Å². The molecule has 82 valence electrons. The Morgan fingerprint density at radius 2 is 1.94 bits per heavy atom. The summed E-state index contributed by atoms with van der Waals surface area (Å²) in [7, 11) is 0. The van der Waals surface area contributed by atoms with Crippen molar-refractivity contribution in [3.05, 3.63) is 66.9 Å². The normalized spacial score (nSPS) is 10.6. The minimum absolute atomic E-state index is 1.09. The van der Waals surface area contributed by atoms with Crippen LogP contribution in [0.3, 0.4) is 0 Å². The van der Waals surface area contributed by atoms with Crippen LogP contribution in [0.4, 0.5) is 0 Å². The third kappa shape index (κ3) is 1.64. The molecule has 0 amide bonds. The molecule has 17 heavy (non-hydrogen) atoms. The molecule has 0 unspecified atom stereocenters. The molecule has 0 saturated heterocycles. The molecule has 0 aliphatic rings. The minimum atomic E-state index is 1.09. The van der Waals surface area contributed by atoms with E-state index in [4.69, 9.17) is 0 Å². The van der Waals surface area contributed by atoms with Gasteiger partial charge in [-0.05, 0) is 29.8 Å². The topological polar surface area (TPSA) is 17.3 Å². The molecule has 1 aromatic carbocycles. The van der Waals surface area contributed by atoms with E-state index < -0.39 is 0 Å². The van der Waals surface area contributed by atoms with Crippen LogP contribution in [0, 0.1) is 0 Å². The first-order valence-electron chi connectivity index (χ1n) is 5.54. The van der Waals surface area contributed by atoms with Crippen molar-refractivity contribution in [2.45, 2.75) is 0 Å². The van der Waals surface area contributed by atoms with Crippen molar-refractivity contribution in [3.8, 4) is 11.3 Å². The zero-order valence-electron chi connectivity index (χ0n) is 9.38.